The van der Waals surface area contributed by atoms with Gasteiger partial charge in [0.1, 0.15) is 12.6 Å². The van der Waals surface area contributed by atoms with Crippen molar-refractivity contribution >= 4 is 39.1 Å². The van der Waals surface area contributed by atoms with Crippen molar-refractivity contribution in [2.75, 3.05) is 10.8 Å². The van der Waals surface area contributed by atoms with Gasteiger partial charge >= 0.3 is 0 Å². The number of carbonyl (C=O) groups is 2. The molecule has 4 rings (SSSR count). The van der Waals surface area contributed by atoms with Crippen LogP contribution in [0.3, 0.4) is 0 Å². The van der Waals surface area contributed by atoms with E-state index >= 15 is 0 Å². The van der Waals surface area contributed by atoms with Crippen molar-refractivity contribution < 1.29 is 18.0 Å². The zero-order chi connectivity index (χ0) is 33.4. The van der Waals surface area contributed by atoms with E-state index in [2.05, 4.69) is 5.32 Å². The third-order valence-corrected chi connectivity index (χ3v) is 10.2. The van der Waals surface area contributed by atoms with Gasteiger partial charge in [-0.3, -0.25) is 13.9 Å². The van der Waals surface area contributed by atoms with E-state index in [1.54, 1.807) is 48.5 Å². The molecule has 0 saturated carbocycles. The first-order valence-electron chi connectivity index (χ1n) is 15.4. The van der Waals surface area contributed by atoms with Gasteiger partial charge in [0.15, 0.2) is 0 Å². The summed E-state index contributed by atoms with van der Waals surface area (Å²) in [7, 11) is -4.19. The number of anilines is 1. The molecule has 0 spiro atoms. The van der Waals surface area contributed by atoms with E-state index in [9.17, 15) is 18.0 Å². The van der Waals surface area contributed by atoms with Crippen LogP contribution in [-0.2, 0) is 32.6 Å². The number of hydrogen-bond acceptors (Lipinski definition) is 4. The molecule has 0 bridgehead atoms. The number of halogens is 1. The van der Waals surface area contributed by atoms with E-state index in [4.69, 9.17) is 11.6 Å². The van der Waals surface area contributed by atoms with Crippen LogP contribution in [0.2, 0.25) is 5.02 Å². The Kier molecular flexibility index (Phi) is 11.7. The maximum atomic E-state index is 14.7. The van der Waals surface area contributed by atoms with E-state index < -0.39 is 28.5 Å². The Bertz CT molecular complexity index is 1760. The fourth-order valence-electron chi connectivity index (χ4n) is 5.14. The van der Waals surface area contributed by atoms with Crippen LogP contribution >= 0.6 is 11.6 Å². The minimum atomic E-state index is -4.19. The number of carbonyl (C=O) groups excluding carboxylic acids is 2. The van der Waals surface area contributed by atoms with Gasteiger partial charge in [0.25, 0.3) is 10.0 Å². The molecular weight excluding hydrogens is 618 g/mol. The standard InChI is InChI=1S/C37H42ClN3O4S/c1-6-29(5)39-37(43)35(23-30-12-8-7-9-13-30)40(24-31-14-10-11-15-33(31)38)36(42)25-41(34-22-27(3)16-19-28(34)4)46(44,45)32-20-17-26(2)18-21-32/h7-22,29,35H,6,23-25H2,1-5H3,(H,39,43)/t29-,35+/m1/s1. The average molecular weight is 660 g/mol. The van der Waals surface area contributed by atoms with E-state index in [1.165, 1.54) is 4.90 Å². The first kappa shape index (κ1) is 34.7. The molecule has 0 radical (unpaired) electrons. The molecule has 0 aromatic heterocycles. The van der Waals surface area contributed by atoms with Gasteiger partial charge in [-0.15, -0.1) is 0 Å². The second-order valence-corrected chi connectivity index (χ2v) is 14.0. The summed E-state index contributed by atoms with van der Waals surface area (Å²) in [5.41, 5.74) is 4.36. The van der Waals surface area contributed by atoms with Crippen LogP contribution in [0.1, 0.15) is 48.1 Å². The van der Waals surface area contributed by atoms with Crippen LogP contribution < -0.4 is 9.62 Å². The van der Waals surface area contributed by atoms with E-state index in [-0.39, 0.29) is 29.8 Å². The third kappa shape index (κ3) is 8.56. The number of nitrogens with zero attached hydrogens (tertiary/aromatic N) is 2. The Morgan fingerprint density at radius 3 is 2.13 bits per heavy atom. The van der Waals surface area contributed by atoms with Gasteiger partial charge in [-0.1, -0.05) is 96.9 Å². The van der Waals surface area contributed by atoms with Crippen LogP contribution in [0, 0.1) is 20.8 Å². The van der Waals surface area contributed by atoms with Crippen LogP contribution in [0.5, 0.6) is 0 Å². The maximum Gasteiger partial charge on any atom is 0.264 e. The quantitative estimate of drug-likeness (QED) is 0.167. The summed E-state index contributed by atoms with van der Waals surface area (Å²) in [6, 6.07) is 27.6. The maximum absolute atomic E-state index is 14.7. The Hall–Kier alpha value is -4.14. The molecule has 0 heterocycles. The summed E-state index contributed by atoms with van der Waals surface area (Å²) in [6.07, 6.45) is 0.935. The number of aryl methyl sites for hydroxylation is 3. The minimum absolute atomic E-state index is 0.00908. The van der Waals surface area contributed by atoms with Gasteiger partial charge in [0, 0.05) is 24.0 Å². The van der Waals surface area contributed by atoms with Crippen LogP contribution in [-0.4, -0.2) is 43.8 Å². The van der Waals surface area contributed by atoms with Crippen molar-refractivity contribution in [3.63, 3.8) is 0 Å². The lowest BCUT2D eigenvalue weighted by molar-refractivity contribution is -0.140. The molecule has 0 saturated heterocycles. The molecule has 2 atom stereocenters. The van der Waals surface area contributed by atoms with Crippen molar-refractivity contribution in [3.8, 4) is 0 Å². The van der Waals surface area contributed by atoms with Gasteiger partial charge < -0.3 is 10.2 Å². The predicted octanol–water partition coefficient (Wildman–Crippen LogP) is 7.02. The van der Waals surface area contributed by atoms with Crippen LogP contribution in [0.15, 0.2) is 102 Å². The highest BCUT2D eigenvalue weighted by Crippen LogP contribution is 2.29. The molecule has 9 heteroatoms. The van der Waals surface area contributed by atoms with Crippen LogP contribution in [0.25, 0.3) is 0 Å². The van der Waals surface area contributed by atoms with Crippen molar-refractivity contribution in [1.82, 2.24) is 10.2 Å². The fraction of sp³-hybridized carbons (Fsp3) is 0.297. The van der Waals surface area contributed by atoms with E-state index in [1.807, 2.05) is 83.1 Å². The molecule has 1 N–H and O–H groups in total. The molecule has 0 fully saturated rings. The summed E-state index contributed by atoms with van der Waals surface area (Å²) in [6.45, 7) is 8.95. The Morgan fingerprint density at radius 2 is 1.48 bits per heavy atom. The topological polar surface area (TPSA) is 86.8 Å². The zero-order valence-corrected chi connectivity index (χ0v) is 28.6. The number of hydrogen-bond donors (Lipinski definition) is 1. The average Bonchev–Trinajstić information content (AvgIpc) is 3.04. The second kappa shape index (κ2) is 15.4. The van der Waals surface area contributed by atoms with Gasteiger partial charge in [0.2, 0.25) is 11.8 Å². The summed E-state index contributed by atoms with van der Waals surface area (Å²) in [4.78, 5) is 30.2. The Morgan fingerprint density at radius 1 is 0.848 bits per heavy atom. The highest BCUT2D eigenvalue weighted by atomic mass is 35.5. The molecule has 46 heavy (non-hydrogen) atoms. The summed E-state index contributed by atoms with van der Waals surface area (Å²) in [5, 5.41) is 3.50. The SMILES string of the molecule is CC[C@@H](C)NC(=O)[C@H](Cc1ccccc1)N(Cc1ccccc1Cl)C(=O)CN(c1cc(C)ccc1C)S(=O)(=O)c1ccc(C)cc1. The number of nitrogens with one attached hydrogen (secondary N) is 1. The van der Waals surface area contributed by atoms with Gasteiger partial charge in [0.05, 0.1) is 10.6 Å². The second-order valence-electron chi connectivity index (χ2n) is 11.8. The summed E-state index contributed by atoms with van der Waals surface area (Å²) >= 11 is 6.58. The van der Waals surface area contributed by atoms with Crippen molar-refractivity contribution in [2.45, 2.75) is 71.0 Å². The minimum Gasteiger partial charge on any atom is -0.352 e. The molecule has 4 aromatic carbocycles. The highest BCUT2D eigenvalue weighted by Gasteiger charge is 2.35. The largest absolute Gasteiger partial charge is 0.352 e. The Balaban J connectivity index is 1.85. The lowest BCUT2D eigenvalue weighted by atomic mass is 10.0. The third-order valence-electron chi connectivity index (χ3n) is 8.09. The van der Waals surface area contributed by atoms with Crippen LogP contribution in [0.4, 0.5) is 5.69 Å². The van der Waals surface area contributed by atoms with E-state index in [0.29, 0.717) is 28.3 Å². The van der Waals surface area contributed by atoms with Gasteiger partial charge in [-0.05, 0) is 80.6 Å². The molecule has 0 aliphatic carbocycles. The first-order chi connectivity index (χ1) is 21.9. The molecule has 2 amide bonds. The molecule has 7 nitrogen and oxygen atoms in total. The summed E-state index contributed by atoms with van der Waals surface area (Å²) in [5.74, 6) is -0.852. The monoisotopic (exact) mass is 659 g/mol. The fourth-order valence-corrected chi connectivity index (χ4v) is 6.81. The predicted molar refractivity (Wildman–Crippen MR) is 185 cm³/mol. The number of amides is 2. The Labute approximate surface area is 278 Å². The lowest BCUT2D eigenvalue weighted by Gasteiger charge is -2.35. The number of sulfonamides is 1. The van der Waals surface area contributed by atoms with Gasteiger partial charge in [-0.2, -0.15) is 0 Å². The molecular formula is C37H42ClN3O4S. The zero-order valence-electron chi connectivity index (χ0n) is 27.0. The molecule has 0 aliphatic rings. The van der Waals surface area contributed by atoms with E-state index in [0.717, 1.165) is 21.0 Å². The highest BCUT2D eigenvalue weighted by molar-refractivity contribution is 7.92. The number of benzene rings is 4. The van der Waals surface area contributed by atoms with Crippen molar-refractivity contribution in [3.05, 3.63) is 130 Å². The lowest BCUT2D eigenvalue weighted by Crippen LogP contribution is -2.54. The molecule has 0 aliphatic heterocycles. The molecule has 0 unspecified atom stereocenters. The van der Waals surface area contributed by atoms with Crippen molar-refractivity contribution in [2.24, 2.45) is 0 Å². The molecule has 242 valence electrons. The smallest absolute Gasteiger partial charge is 0.264 e. The summed E-state index contributed by atoms with van der Waals surface area (Å²) < 4.78 is 29.8. The molecule has 4 aromatic rings. The first-order valence-corrected chi connectivity index (χ1v) is 17.3. The normalized spacial score (nSPS) is 12.7. The van der Waals surface area contributed by atoms with Gasteiger partial charge in [-0.25, -0.2) is 8.42 Å². The van der Waals surface area contributed by atoms with Crippen molar-refractivity contribution in [1.29, 1.82) is 0 Å². The number of rotatable bonds is 13.